The Morgan fingerprint density at radius 1 is 1.40 bits per heavy atom. The average Bonchev–Trinajstić information content (AvgIpc) is 1.86. The summed E-state index contributed by atoms with van der Waals surface area (Å²) in [5.41, 5.74) is 0. The lowest BCUT2D eigenvalue weighted by atomic mass is 10.1. The fourth-order valence-electron chi connectivity index (χ4n) is 1.05. The van der Waals surface area contributed by atoms with Crippen LogP contribution in [0.2, 0.25) is 0 Å². The highest BCUT2D eigenvalue weighted by Gasteiger charge is 2.05. The van der Waals surface area contributed by atoms with E-state index in [1.165, 1.54) is 0 Å². The van der Waals surface area contributed by atoms with Crippen LogP contribution in [0.15, 0.2) is 0 Å². The van der Waals surface area contributed by atoms with Gasteiger partial charge in [-0.2, -0.15) is 0 Å². The number of aliphatic hydroxyl groups excluding tert-OH is 1. The Kier molecular flexibility index (Phi) is 5.64. The van der Waals surface area contributed by atoms with Crippen LogP contribution in [0, 0.1) is 0 Å². The lowest BCUT2D eigenvalue weighted by Gasteiger charge is -2.17. The van der Waals surface area contributed by atoms with Gasteiger partial charge in [0.25, 0.3) is 0 Å². The molecule has 0 aromatic heterocycles. The van der Waals surface area contributed by atoms with E-state index in [4.69, 9.17) is 5.11 Å². The topological polar surface area (TPSA) is 32.3 Å². The fraction of sp³-hybridized carbons (Fsp3) is 1.00. The molecule has 62 valence electrons. The van der Waals surface area contributed by atoms with E-state index < -0.39 is 0 Å². The Hall–Kier alpha value is -0.0800. The van der Waals surface area contributed by atoms with Gasteiger partial charge in [0.05, 0.1) is 6.61 Å². The highest BCUT2D eigenvalue weighted by molar-refractivity contribution is 4.66. The standard InChI is InChI=1S/C8H19NO/c1-4-5-8(6-10)9-7(2)3/h7-10H,4-6H2,1-3H3. The maximum Gasteiger partial charge on any atom is 0.0584 e. The molecule has 0 saturated heterocycles. The lowest BCUT2D eigenvalue weighted by molar-refractivity contribution is 0.227. The van der Waals surface area contributed by atoms with Crippen LogP contribution in [0.5, 0.6) is 0 Å². The summed E-state index contributed by atoms with van der Waals surface area (Å²) in [7, 11) is 0. The van der Waals surface area contributed by atoms with Crippen LogP contribution in [-0.2, 0) is 0 Å². The molecule has 0 spiro atoms. The lowest BCUT2D eigenvalue weighted by Crippen LogP contribution is -2.37. The van der Waals surface area contributed by atoms with Crippen molar-refractivity contribution in [2.45, 2.75) is 45.7 Å². The van der Waals surface area contributed by atoms with Gasteiger partial charge in [0.1, 0.15) is 0 Å². The van der Waals surface area contributed by atoms with Crippen LogP contribution >= 0.6 is 0 Å². The van der Waals surface area contributed by atoms with E-state index in [0.717, 1.165) is 12.8 Å². The van der Waals surface area contributed by atoms with Gasteiger partial charge in [0, 0.05) is 12.1 Å². The Bertz CT molecular complexity index is 73.7. The zero-order valence-electron chi connectivity index (χ0n) is 7.22. The van der Waals surface area contributed by atoms with Crippen LogP contribution < -0.4 is 5.32 Å². The molecule has 1 atom stereocenters. The molecule has 2 nitrogen and oxygen atoms in total. The van der Waals surface area contributed by atoms with Gasteiger partial charge in [-0.05, 0) is 6.42 Å². The molecule has 1 unspecified atom stereocenters. The molecule has 0 aliphatic rings. The quantitative estimate of drug-likeness (QED) is 0.608. The maximum absolute atomic E-state index is 8.84. The molecule has 0 aromatic rings. The van der Waals surface area contributed by atoms with Gasteiger partial charge in [0.15, 0.2) is 0 Å². The molecule has 2 N–H and O–H groups in total. The zero-order valence-corrected chi connectivity index (χ0v) is 7.22. The van der Waals surface area contributed by atoms with Gasteiger partial charge in [-0.25, -0.2) is 0 Å². The first-order valence-electron chi connectivity index (χ1n) is 4.07. The first kappa shape index (κ1) is 9.92. The number of hydrogen-bond donors (Lipinski definition) is 2. The number of hydrogen-bond acceptors (Lipinski definition) is 2. The van der Waals surface area contributed by atoms with E-state index in [2.05, 4.69) is 26.1 Å². The SMILES string of the molecule is CCCC(CO)NC(C)C. The molecule has 0 amide bonds. The van der Waals surface area contributed by atoms with Gasteiger partial charge in [-0.3, -0.25) is 0 Å². The average molecular weight is 145 g/mol. The van der Waals surface area contributed by atoms with Gasteiger partial charge in [-0.15, -0.1) is 0 Å². The minimum atomic E-state index is 0.256. The monoisotopic (exact) mass is 145 g/mol. The summed E-state index contributed by atoms with van der Waals surface area (Å²) in [6.45, 7) is 6.58. The second-order valence-corrected chi connectivity index (χ2v) is 2.99. The summed E-state index contributed by atoms with van der Waals surface area (Å²) >= 11 is 0. The maximum atomic E-state index is 8.84. The smallest absolute Gasteiger partial charge is 0.0584 e. The number of nitrogens with one attached hydrogen (secondary N) is 1. The van der Waals surface area contributed by atoms with Crippen LogP contribution in [0.4, 0.5) is 0 Å². The highest BCUT2D eigenvalue weighted by atomic mass is 16.3. The summed E-state index contributed by atoms with van der Waals surface area (Å²) in [5.74, 6) is 0. The summed E-state index contributed by atoms with van der Waals surface area (Å²) in [5, 5.41) is 12.1. The predicted octanol–water partition coefficient (Wildman–Crippen LogP) is 1.15. The van der Waals surface area contributed by atoms with Gasteiger partial charge in [0.2, 0.25) is 0 Å². The summed E-state index contributed by atoms with van der Waals surface area (Å²) < 4.78 is 0. The normalized spacial score (nSPS) is 14.1. The first-order chi connectivity index (χ1) is 4.70. The summed E-state index contributed by atoms with van der Waals surface area (Å²) in [6.07, 6.45) is 2.19. The van der Waals surface area contributed by atoms with E-state index in [1.807, 2.05) is 0 Å². The largest absolute Gasteiger partial charge is 0.395 e. The van der Waals surface area contributed by atoms with Crippen molar-refractivity contribution in [1.82, 2.24) is 5.32 Å². The van der Waals surface area contributed by atoms with Crippen LogP contribution in [0.1, 0.15) is 33.6 Å². The second-order valence-electron chi connectivity index (χ2n) is 2.99. The Labute approximate surface area is 63.6 Å². The van der Waals surface area contributed by atoms with E-state index in [0.29, 0.717) is 12.1 Å². The van der Waals surface area contributed by atoms with Crippen LogP contribution in [0.25, 0.3) is 0 Å². The fourth-order valence-corrected chi connectivity index (χ4v) is 1.05. The molecule has 0 rings (SSSR count). The molecule has 0 bridgehead atoms. The molecule has 0 radical (unpaired) electrons. The molecule has 10 heavy (non-hydrogen) atoms. The van der Waals surface area contributed by atoms with Crippen molar-refractivity contribution in [3.63, 3.8) is 0 Å². The van der Waals surface area contributed by atoms with E-state index in [1.54, 1.807) is 0 Å². The van der Waals surface area contributed by atoms with Gasteiger partial charge >= 0.3 is 0 Å². The molecule has 0 fully saturated rings. The minimum absolute atomic E-state index is 0.256. The van der Waals surface area contributed by atoms with Gasteiger partial charge < -0.3 is 10.4 Å². The molecular weight excluding hydrogens is 126 g/mol. The van der Waals surface area contributed by atoms with Crippen molar-refractivity contribution in [2.24, 2.45) is 0 Å². The third-order valence-electron chi connectivity index (χ3n) is 1.43. The van der Waals surface area contributed by atoms with Crippen molar-refractivity contribution in [3.8, 4) is 0 Å². The third kappa shape index (κ3) is 4.77. The molecule has 0 heterocycles. The third-order valence-corrected chi connectivity index (χ3v) is 1.43. The van der Waals surface area contributed by atoms with Crippen molar-refractivity contribution >= 4 is 0 Å². The minimum Gasteiger partial charge on any atom is -0.395 e. The zero-order chi connectivity index (χ0) is 7.98. The van der Waals surface area contributed by atoms with Crippen LogP contribution in [-0.4, -0.2) is 23.8 Å². The molecule has 2 heteroatoms. The van der Waals surface area contributed by atoms with E-state index >= 15 is 0 Å². The van der Waals surface area contributed by atoms with Crippen LogP contribution in [0.3, 0.4) is 0 Å². The van der Waals surface area contributed by atoms with Crippen molar-refractivity contribution in [3.05, 3.63) is 0 Å². The Balaban J connectivity index is 3.39. The summed E-state index contributed by atoms with van der Waals surface area (Å²) in [4.78, 5) is 0. The van der Waals surface area contributed by atoms with Gasteiger partial charge in [-0.1, -0.05) is 27.2 Å². The Morgan fingerprint density at radius 2 is 2.00 bits per heavy atom. The first-order valence-corrected chi connectivity index (χ1v) is 4.07. The van der Waals surface area contributed by atoms with Crippen molar-refractivity contribution < 1.29 is 5.11 Å². The molecular formula is C8H19NO. The predicted molar refractivity (Wildman–Crippen MR) is 44.1 cm³/mol. The number of aliphatic hydroxyl groups is 1. The number of rotatable bonds is 5. The Morgan fingerprint density at radius 3 is 2.30 bits per heavy atom. The van der Waals surface area contributed by atoms with E-state index in [-0.39, 0.29) is 6.61 Å². The second kappa shape index (κ2) is 5.69. The van der Waals surface area contributed by atoms with E-state index in [9.17, 15) is 0 Å². The van der Waals surface area contributed by atoms with Crippen molar-refractivity contribution in [1.29, 1.82) is 0 Å². The van der Waals surface area contributed by atoms with Crippen molar-refractivity contribution in [2.75, 3.05) is 6.61 Å². The molecule has 0 aliphatic heterocycles. The highest BCUT2D eigenvalue weighted by Crippen LogP contribution is 1.96. The molecule has 0 saturated carbocycles. The molecule has 0 aromatic carbocycles. The molecule has 0 aliphatic carbocycles. The summed E-state index contributed by atoms with van der Waals surface area (Å²) in [6, 6.07) is 0.772.